The predicted octanol–water partition coefficient (Wildman–Crippen LogP) is 5.77. The van der Waals surface area contributed by atoms with Crippen molar-refractivity contribution in [1.82, 2.24) is 0 Å². The van der Waals surface area contributed by atoms with E-state index in [9.17, 15) is 9.50 Å². The van der Waals surface area contributed by atoms with Crippen LogP contribution in [-0.4, -0.2) is 5.11 Å². The molecule has 0 radical (unpaired) electrons. The van der Waals surface area contributed by atoms with Crippen molar-refractivity contribution in [3.05, 3.63) is 56.2 Å². The molecule has 6 heteroatoms. The molecule has 1 unspecified atom stereocenters. The van der Waals surface area contributed by atoms with Crippen LogP contribution in [0, 0.1) is 5.82 Å². The number of anilines is 1. The fourth-order valence-electron chi connectivity index (χ4n) is 1.82. The fourth-order valence-corrected chi connectivity index (χ4v) is 2.69. The third-order valence-corrected chi connectivity index (χ3v) is 3.89. The average molecular weight is 379 g/mol. The molecule has 106 valence electrons. The van der Waals surface area contributed by atoms with Gasteiger partial charge in [-0.2, -0.15) is 0 Å². The highest BCUT2D eigenvalue weighted by Gasteiger charge is 2.13. The molecular weight excluding hydrogens is 368 g/mol. The largest absolute Gasteiger partial charge is 0.505 e. The average Bonchev–Trinajstić information content (AvgIpc) is 2.38. The van der Waals surface area contributed by atoms with Crippen LogP contribution in [0.1, 0.15) is 18.5 Å². The van der Waals surface area contributed by atoms with E-state index in [1.165, 1.54) is 18.2 Å². The minimum absolute atomic E-state index is 0.141. The molecule has 0 bridgehead atoms. The van der Waals surface area contributed by atoms with Crippen LogP contribution >= 0.6 is 39.1 Å². The van der Waals surface area contributed by atoms with Crippen LogP contribution in [0.2, 0.25) is 10.0 Å². The number of rotatable bonds is 3. The SMILES string of the molecule is CC(Nc1cc(Cl)c(O)c(Cl)c1)c1cc(Br)ccc1F. The summed E-state index contributed by atoms with van der Waals surface area (Å²) in [6.45, 7) is 1.82. The molecule has 0 aliphatic rings. The molecule has 0 spiro atoms. The number of hydrogen-bond donors (Lipinski definition) is 2. The topological polar surface area (TPSA) is 32.3 Å². The lowest BCUT2D eigenvalue weighted by Crippen LogP contribution is -2.08. The Morgan fingerprint density at radius 3 is 2.40 bits per heavy atom. The van der Waals surface area contributed by atoms with Crippen molar-refractivity contribution in [1.29, 1.82) is 0 Å². The second-order valence-corrected chi connectivity index (χ2v) is 6.05. The molecule has 2 aromatic rings. The van der Waals surface area contributed by atoms with Crippen molar-refractivity contribution in [3.8, 4) is 5.75 Å². The first-order valence-corrected chi connectivity index (χ1v) is 7.33. The maximum atomic E-state index is 13.8. The quantitative estimate of drug-likeness (QED) is 0.664. The van der Waals surface area contributed by atoms with Crippen LogP contribution in [0.4, 0.5) is 10.1 Å². The number of phenols is 1. The van der Waals surface area contributed by atoms with Crippen molar-refractivity contribution in [2.75, 3.05) is 5.32 Å². The zero-order chi connectivity index (χ0) is 14.9. The Balaban J connectivity index is 2.27. The monoisotopic (exact) mass is 377 g/mol. The normalized spacial score (nSPS) is 12.2. The summed E-state index contributed by atoms with van der Waals surface area (Å²) in [6.07, 6.45) is 0. The van der Waals surface area contributed by atoms with E-state index in [2.05, 4.69) is 21.2 Å². The van der Waals surface area contributed by atoms with E-state index in [1.807, 2.05) is 6.92 Å². The van der Waals surface area contributed by atoms with Crippen LogP contribution in [0.3, 0.4) is 0 Å². The fraction of sp³-hybridized carbons (Fsp3) is 0.143. The highest BCUT2D eigenvalue weighted by molar-refractivity contribution is 9.10. The first kappa shape index (κ1) is 15.4. The van der Waals surface area contributed by atoms with Gasteiger partial charge in [0.25, 0.3) is 0 Å². The Hall–Kier alpha value is -0.970. The Morgan fingerprint density at radius 2 is 1.80 bits per heavy atom. The third kappa shape index (κ3) is 3.37. The molecule has 0 aromatic heterocycles. The lowest BCUT2D eigenvalue weighted by Gasteiger charge is -2.17. The van der Waals surface area contributed by atoms with Crippen LogP contribution < -0.4 is 5.32 Å². The Labute approximate surface area is 134 Å². The second kappa shape index (κ2) is 6.20. The van der Waals surface area contributed by atoms with E-state index in [0.717, 1.165) is 4.47 Å². The lowest BCUT2D eigenvalue weighted by molar-refractivity contribution is 0.476. The van der Waals surface area contributed by atoms with E-state index < -0.39 is 0 Å². The van der Waals surface area contributed by atoms with Gasteiger partial charge in [-0.05, 0) is 37.3 Å². The van der Waals surface area contributed by atoms with Gasteiger partial charge in [-0.15, -0.1) is 0 Å². The molecule has 0 amide bonds. The summed E-state index contributed by atoms with van der Waals surface area (Å²) < 4.78 is 14.6. The van der Waals surface area contributed by atoms with Crippen LogP contribution in [-0.2, 0) is 0 Å². The lowest BCUT2D eigenvalue weighted by atomic mass is 10.1. The van der Waals surface area contributed by atoms with Crippen molar-refractivity contribution in [2.24, 2.45) is 0 Å². The molecule has 0 heterocycles. The van der Waals surface area contributed by atoms with Crippen molar-refractivity contribution >= 4 is 44.8 Å². The van der Waals surface area contributed by atoms with E-state index >= 15 is 0 Å². The van der Waals surface area contributed by atoms with Gasteiger partial charge in [0.15, 0.2) is 5.75 Å². The summed E-state index contributed by atoms with van der Waals surface area (Å²) in [4.78, 5) is 0. The second-order valence-electron chi connectivity index (χ2n) is 4.32. The molecule has 1 atom stereocenters. The minimum Gasteiger partial charge on any atom is -0.505 e. The predicted molar refractivity (Wildman–Crippen MR) is 84.3 cm³/mol. The number of aromatic hydroxyl groups is 1. The molecule has 2 nitrogen and oxygen atoms in total. The Kier molecular flexibility index (Phi) is 4.78. The first-order chi connectivity index (χ1) is 9.38. The molecule has 0 saturated carbocycles. The van der Waals surface area contributed by atoms with Gasteiger partial charge in [0, 0.05) is 15.7 Å². The van der Waals surface area contributed by atoms with E-state index in [0.29, 0.717) is 11.3 Å². The number of benzene rings is 2. The molecule has 20 heavy (non-hydrogen) atoms. The van der Waals surface area contributed by atoms with Crippen molar-refractivity contribution in [2.45, 2.75) is 13.0 Å². The summed E-state index contributed by atoms with van der Waals surface area (Å²) in [7, 11) is 0. The Bertz CT molecular complexity index is 628. The van der Waals surface area contributed by atoms with Gasteiger partial charge in [-0.3, -0.25) is 0 Å². The molecular formula is C14H11BrCl2FNO. The summed E-state index contributed by atoms with van der Waals surface area (Å²) in [5.74, 6) is -0.468. The van der Waals surface area contributed by atoms with Gasteiger partial charge in [0.2, 0.25) is 0 Å². The maximum Gasteiger partial charge on any atom is 0.152 e. The molecule has 2 aromatic carbocycles. The third-order valence-electron chi connectivity index (χ3n) is 2.82. The summed E-state index contributed by atoms with van der Waals surface area (Å²) in [5, 5.41) is 12.9. The molecule has 0 fully saturated rings. The van der Waals surface area contributed by atoms with Crippen LogP contribution in [0.15, 0.2) is 34.8 Å². The Morgan fingerprint density at radius 1 is 1.20 bits per heavy atom. The maximum absolute atomic E-state index is 13.8. The highest BCUT2D eigenvalue weighted by atomic mass is 79.9. The van der Waals surface area contributed by atoms with Crippen LogP contribution in [0.5, 0.6) is 5.75 Å². The smallest absolute Gasteiger partial charge is 0.152 e. The standard InChI is InChI=1S/C14H11BrCl2FNO/c1-7(10-4-8(15)2-3-13(10)18)19-9-5-11(16)14(20)12(17)6-9/h2-7,19-20H,1H3. The molecule has 2 N–H and O–H groups in total. The van der Waals surface area contributed by atoms with E-state index in [-0.39, 0.29) is 27.7 Å². The summed E-state index contributed by atoms with van der Waals surface area (Å²) >= 11 is 15.0. The number of nitrogens with one attached hydrogen (secondary N) is 1. The van der Waals surface area contributed by atoms with Gasteiger partial charge in [0.1, 0.15) is 5.82 Å². The van der Waals surface area contributed by atoms with Gasteiger partial charge in [0.05, 0.1) is 16.1 Å². The number of hydrogen-bond acceptors (Lipinski definition) is 2. The highest BCUT2D eigenvalue weighted by Crippen LogP contribution is 2.36. The zero-order valence-corrected chi connectivity index (χ0v) is 13.5. The molecule has 0 aliphatic carbocycles. The first-order valence-electron chi connectivity index (χ1n) is 5.78. The van der Waals surface area contributed by atoms with E-state index in [4.69, 9.17) is 23.2 Å². The van der Waals surface area contributed by atoms with Crippen LogP contribution in [0.25, 0.3) is 0 Å². The van der Waals surface area contributed by atoms with Gasteiger partial charge < -0.3 is 10.4 Å². The van der Waals surface area contributed by atoms with Crippen molar-refractivity contribution < 1.29 is 9.50 Å². The number of phenolic OH excluding ortho intramolecular Hbond substituents is 1. The van der Waals surface area contributed by atoms with Crippen molar-refractivity contribution in [3.63, 3.8) is 0 Å². The number of halogens is 4. The summed E-state index contributed by atoms with van der Waals surface area (Å²) in [6, 6.07) is 7.53. The summed E-state index contributed by atoms with van der Waals surface area (Å²) in [5.41, 5.74) is 1.12. The zero-order valence-electron chi connectivity index (χ0n) is 10.4. The van der Waals surface area contributed by atoms with Gasteiger partial charge >= 0.3 is 0 Å². The van der Waals surface area contributed by atoms with Gasteiger partial charge in [-0.25, -0.2) is 4.39 Å². The molecule has 2 rings (SSSR count). The molecule has 0 saturated heterocycles. The molecule has 0 aliphatic heterocycles. The van der Waals surface area contributed by atoms with Gasteiger partial charge in [-0.1, -0.05) is 39.1 Å². The van der Waals surface area contributed by atoms with E-state index in [1.54, 1.807) is 12.1 Å². The minimum atomic E-state index is -0.302.